The van der Waals surface area contributed by atoms with Crippen LogP contribution in [0, 0.1) is 0 Å². The molecule has 2 aromatic rings. The van der Waals surface area contributed by atoms with Crippen molar-refractivity contribution in [1.82, 2.24) is 10.2 Å². The van der Waals surface area contributed by atoms with Crippen LogP contribution < -0.4 is 5.32 Å². The minimum Gasteiger partial charge on any atom is -0.353 e. The highest BCUT2D eigenvalue weighted by Gasteiger charge is 2.46. The van der Waals surface area contributed by atoms with Crippen LogP contribution in [0.3, 0.4) is 0 Å². The third-order valence-electron chi connectivity index (χ3n) is 6.72. The Bertz CT molecular complexity index is 880. The van der Waals surface area contributed by atoms with Crippen LogP contribution in [-0.2, 0) is 10.2 Å². The van der Waals surface area contributed by atoms with Crippen LogP contribution in [0.2, 0.25) is 0 Å². The van der Waals surface area contributed by atoms with E-state index in [9.17, 15) is 9.59 Å². The van der Waals surface area contributed by atoms with E-state index in [-0.39, 0.29) is 17.2 Å². The molecule has 1 aliphatic heterocycles. The molecule has 4 nitrogen and oxygen atoms in total. The van der Waals surface area contributed by atoms with Gasteiger partial charge in [-0.05, 0) is 66.0 Å². The Hall–Kier alpha value is -2.14. The quantitative estimate of drug-likeness (QED) is 0.850. The topological polar surface area (TPSA) is 49.4 Å². The highest BCUT2D eigenvalue weighted by Crippen LogP contribution is 2.52. The van der Waals surface area contributed by atoms with E-state index < -0.39 is 0 Å². The minimum atomic E-state index is 0.118. The summed E-state index contributed by atoms with van der Waals surface area (Å²) in [7, 11) is 0. The number of hydrogen-bond donors (Lipinski definition) is 1. The molecule has 1 N–H and O–H groups in total. The molecule has 0 bridgehead atoms. The maximum Gasteiger partial charge on any atom is 0.263 e. The molecule has 146 valence electrons. The second-order valence-corrected chi connectivity index (χ2v) is 9.53. The van der Waals surface area contributed by atoms with Crippen LogP contribution >= 0.6 is 11.3 Å². The molecular formula is C23H26N2O2S. The van der Waals surface area contributed by atoms with Crippen LogP contribution in [0.4, 0.5) is 0 Å². The summed E-state index contributed by atoms with van der Waals surface area (Å²) < 4.78 is 0. The molecule has 1 atom stereocenters. The third kappa shape index (κ3) is 3.26. The summed E-state index contributed by atoms with van der Waals surface area (Å²) >= 11 is 1.52. The second-order valence-electron chi connectivity index (χ2n) is 8.58. The van der Waals surface area contributed by atoms with Gasteiger partial charge in [0, 0.05) is 25.6 Å². The van der Waals surface area contributed by atoms with Gasteiger partial charge in [0.2, 0.25) is 5.91 Å². The van der Waals surface area contributed by atoms with Gasteiger partial charge in [0.1, 0.15) is 0 Å². The van der Waals surface area contributed by atoms with Gasteiger partial charge in [-0.25, -0.2) is 0 Å². The molecule has 5 heteroatoms. The first-order valence-corrected chi connectivity index (χ1v) is 11.2. The lowest BCUT2D eigenvalue weighted by Gasteiger charge is -2.40. The van der Waals surface area contributed by atoms with Gasteiger partial charge in [0.15, 0.2) is 0 Å². The van der Waals surface area contributed by atoms with Gasteiger partial charge in [-0.15, -0.1) is 11.3 Å². The molecule has 2 aliphatic carbocycles. The summed E-state index contributed by atoms with van der Waals surface area (Å²) in [5.74, 6) is 0.663. The summed E-state index contributed by atoms with van der Waals surface area (Å²) in [6.07, 6.45) is 5.86. The van der Waals surface area contributed by atoms with Gasteiger partial charge in [-0.2, -0.15) is 0 Å². The van der Waals surface area contributed by atoms with Crippen LogP contribution in [-0.4, -0.2) is 35.8 Å². The number of benzene rings is 1. The monoisotopic (exact) mass is 394 g/mol. The predicted octanol–water partition coefficient (Wildman–Crippen LogP) is 4.08. The van der Waals surface area contributed by atoms with Crippen LogP contribution in [0.25, 0.3) is 0 Å². The maximum absolute atomic E-state index is 12.7. The van der Waals surface area contributed by atoms with Crippen molar-refractivity contribution in [1.29, 1.82) is 0 Å². The molecule has 28 heavy (non-hydrogen) atoms. The van der Waals surface area contributed by atoms with Gasteiger partial charge in [-0.3, -0.25) is 9.59 Å². The predicted molar refractivity (Wildman–Crippen MR) is 111 cm³/mol. The summed E-state index contributed by atoms with van der Waals surface area (Å²) in [6, 6.07) is 13.0. The Labute approximate surface area is 169 Å². The lowest BCUT2D eigenvalue weighted by atomic mass is 9.73. The smallest absolute Gasteiger partial charge is 0.263 e. The zero-order valence-corrected chi connectivity index (χ0v) is 16.8. The maximum atomic E-state index is 12.7. The standard InChI is InChI=1S/C23H26N2O2S/c26-21(24-17-7-8-17)14-16-15-23(19-5-2-1-4-18(16)19)9-11-25(12-10-23)22(27)20-6-3-13-28-20/h1-6,13,16-17H,7-12,14-15H2,(H,24,26). The molecule has 1 aromatic heterocycles. The van der Waals surface area contributed by atoms with E-state index in [1.807, 2.05) is 22.4 Å². The summed E-state index contributed by atoms with van der Waals surface area (Å²) in [5, 5.41) is 5.11. The molecule has 0 radical (unpaired) electrons. The molecule has 2 fully saturated rings. The minimum absolute atomic E-state index is 0.118. The fraction of sp³-hybridized carbons (Fsp3) is 0.478. The highest BCUT2D eigenvalue weighted by atomic mass is 32.1. The van der Waals surface area contributed by atoms with Crippen LogP contribution in [0.1, 0.15) is 65.2 Å². The van der Waals surface area contributed by atoms with Crippen molar-refractivity contribution in [2.75, 3.05) is 13.1 Å². The van der Waals surface area contributed by atoms with Crippen molar-refractivity contribution >= 4 is 23.2 Å². The Morgan fingerprint density at radius 1 is 1.11 bits per heavy atom. The van der Waals surface area contributed by atoms with Gasteiger partial charge in [-0.1, -0.05) is 30.3 Å². The van der Waals surface area contributed by atoms with E-state index in [4.69, 9.17) is 0 Å². The third-order valence-corrected chi connectivity index (χ3v) is 7.58. The van der Waals surface area contributed by atoms with E-state index in [1.54, 1.807) is 0 Å². The highest BCUT2D eigenvalue weighted by molar-refractivity contribution is 7.12. The SMILES string of the molecule is O=C(CC1CC2(CCN(C(=O)c3cccs3)CC2)c2ccccc21)NC1CC1. The first kappa shape index (κ1) is 17.9. The zero-order valence-electron chi connectivity index (χ0n) is 16.0. The van der Waals surface area contributed by atoms with E-state index >= 15 is 0 Å². The number of nitrogens with one attached hydrogen (secondary N) is 1. The molecule has 3 aliphatic rings. The van der Waals surface area contributed by atoms with E-state index in [1.165, 1.54) is 22.5 Å². The van der Waals surface area contributed by atoms with Crippen molar-refractivity contribution in [3.63, 3.8) is 0 Å². The van der Waals surface area contributed by atoms with Crippen molar-refractivity contribution in [3.8, 4) is 0 Å². The molecule has 1 unspecified atom stereocenters. The number of fused-ring (bicyclic) bond motifs is 2. The van der Waals surface area contributed by atoms with Crippen molar-refractivity contribution in [2.24, 2.45) is 0 Å². The number of thiophene rings is 1. The Balaban J connectivity index is 1.31. The number of likely N-dealkylation sites (tertiary alicyclic amines) is 1. The zero-order chi connectivity index (χ0) is 19.1. The van der Waals surface area contributed by atoms with E-state index in [0.717, 1.165) is 50.1 Å². The Kier molecular flexibility index (Phi) is 4.50. The molecule has 1 aromatic carbocycles. The number of amides is 2. The van der Waals surface area contributed by atoms with E-state index in [0.29, 0.717) is 18.4 Å². The first-order valence-electron chi connectivity index (χ1n) is 10.4. The number of carbonyl (C=O) groups excluding carboxylic acids is 2. The summed E-state index contributed by atoms with van der Waals surface area (Å²) in [6.45, 7) is 1.60. The number of nitrogens with zero attached hydrogens (tertiary/aromatic N) is 1. The van der Waals surface area contributed by atoms with Gasteiger partial charge in [0.25, 0.3) is 5.91 Å². The number of hydrogen-bond acceptors (Lipinski definition) is 3. The van der Waals surface area contributed by atoms with Crippen LogP contribution in [0.15, 0.2) is 41.8 Å². The van der Waals surface area contributed by atoms with Crippen molar-refractivity contribution in [3.05, 3.63) is 57.8 Å². The Morgan fingerprint density at radius 2 is 1.89 bits per heavy atom. The Morgan fingerprint density at radius 3 is 2.61 bits per heavy atom. The van der Waals surface area contributed by atoms with Gasteiger partial charge in [0.05, 0.1) is 4.88 Å². The fourth-order valence-electron chi connectivity index (χ4n) is 5.12. The average Bonchev–Trinajstić information content (AvgIpc) is 3.25. The van der Waals surface area contributed by atoms with Gasteiger partial charge < -0.3 is 10.2 Å². The second kappa shape index (κ2) is 7.03. The lowest BCUT2D eigenvalue weighted by Crippen LogP contribution is -2.44. The molecular weight excluding hydrogens is 368 g/mol. The average molecular weight is 395 g/mol. The molecule has 1 saturated carbocycles. The summed E-state index contributed by atoms with van der Waals surface area (Å²) in [4.78, 5) is 28.0. The lowest BCUT2D eigenvalue weighted by molar-refractivity contribution is -0.121. The van der Waals surface area contributed by atoms with Gasteiger partial charge >= 0.3 is 0 Å². The number of rotatable bonds is 4. The van der Waals surface area contributed by atoms with Crippen molar-refractivity contribution < 1.29 is 9.59 Å². The molecule has 1 spiro atoms. The number of piperidine rings is 1. The fourth-order valence-corrected chi connectivity index (χ4v) is 5.81. The summed E-state index contributed by atoms with van der Waals surface area (Å²) in [5.41, 5.74) is 2.89. The van der Waals surface area contributed by atoms with Crippen molar-refractivity contribution in [2.45, 2.75) is 55.9 Å². The largest absolute Gasteiger partial charge is 0.353 e. The molecule has 2 heterocycles. The first-order chi connectivity index (χ1) is 13.6. The number of carbonyl (C=O) groups is 2. The molecule has 5 rings (SSSR count). The van der Waals surface area contributed by atoms with E-state index in [2.05, 4.69) is 29.6 Å². The molecule has 1 saturated heterocycles. The normalized spacial score (nSPS) is 22.9. The van der Waals surface area contributed by atoms with Crippen LogP contribution in [0.5, 0.6) is 0 Å². The molecule has 2 amide bonds.